The number of benzene rings is 1. The second-order valence-corrected chi connectivity index (χ2v) is 5.93. The van der Waals surface area contributed by atoms with Gasteiger partial charge in [0, 0.05) is 17.9 Å². The van der Waals surface area contributed by atoms with E-state index in [1.54, 1.807) is 0 Å². The first-order valence-electron chi connectivity index (χ1n) is 6.00. The van der Waals surface area contributed by atoms with E-state index in [2.05, 4.69) is 0 Å². The molecule has 3 heteroatoms. The molecule has 0 saturated carbocycles. The molecule has 1 atom stereocenters. The molecule has 1 fully saturated rings. The Hall–Kier alpha value is -0.570. The maximum absolute atomic E-state index is 10.6. The molecule has 1 aliphatic rings. The van der Waals surface area contributed by atoms with E-state index in [9.17, 15) is 5.11 Å². The predicted octanol–water partition coefficient (Wildman–Crippen LogP) is 3.20. The van der Waals surface area contributed by atoms with Gasteiger partial charge in [-0.3, -0.25) is 0 Å². The van der Waals surface area contributed by atoms with Gasteiger partial charge in [-0.2, -0.15) is 0 Å². The molecule has 1 aromatic carbocycles. The van der Waals surface area contributed by atoms with Crippen molar-refractivity contribution in [1.82, 2.24) is 0 Å². The molecule has 0 radical (unpaired) electrons. The third kappa shape index (κ3) is 3.21. The smallest absolute Gasteiger partial charge is 0.0737 e. The molecule has 1 saturated heterocycles. The van der Waals surface area contributed by atoms with E-state index in [-0.39, 0.29) is 5.60 Å². The monoisotopic (exact) mass is 254 g/mol. The van der Waals surface area contributed by atoms with E-state index in [0.29, 0.717) is 25.9 Å². The highest BCUT2D eigenvalue weighted by Crippen LogP contribution is 2.35. The van der Waals surface area contributed by atoms with Crippen LogP contribution in [0.3, 0.4) is 0 Å². The molecule has 0 bridgehead atoms. The largest absolute Gasteiger partial charge is 0.389 e. The summed E-state index contributed by atoms with van der Waals surface area (Å²) in [6.07, 6.45) is 1.91. The Morgan fingerprint density at radius 2 is 2.06 bits per heavy atom. The Bertz CT molecular complexity index is 403. The van der Waals surface area contributed by atoms with Crippen LogP contribution in [0.15, 0.2) is 24.3 Å². The molecule has 1 heterocycles. The van der Waals surface area contributed by atoms with Crippen LogP contribution in [0.25, 0.3) is 0 Å². The van der Waals surface area contributed by atoms with Gasteiger partial charge in [0.15, 0.2) is 0 Å². The van der Waals surface area contributed by atoms with Crippen LogP contribution in [0.1, 0.15) is 32.3 Å². The molecule has 2 rings (SSSR count). The third-order valence-electron chi connectivity index (χ3n) is 3.29. The lowest BCUT2D eigenvalue weighted by Crippen LogP contribution is -2.47. The molecular weight excluding hydrogens is 236 g/mol. The summed E-state index contributed by atoms with van der Waals surface area (Å²) < 4.78 is 5.64. The van der Waals surface area contributed by atoms with Gasteiger partial charge in [0.2, 0.25) is 0 Å². The standard InChI is InChI=1S/C14H19ClO2/c1-13(2)10-14(16,7-8-17-13)9-11-5-3-4-6-12(11)15/h3-6,16H,7-10H2,1-2H3. The summed E-state index contributed by atoms with van der Waals surface area (Å²) in [4.78, 5) is 0. The van der Waals surface area contributed by atoms with Crippen molar-refractivity contribution in [3.05, 3.63) is 34.9 Å². The Morgan fingerprint density at radius 1 is 1.35 bits per heavy atom. The number of hydrogen-bond donors (Lipinski definition) is 1. The molecule has 2 nitrogen and oxygen atoms in total. The maximum Gasteiger partial charge on any atom is 0.0737 e. The lowest BCUT2D eigenvalue weighted by atomic mass is 9.80. The second kappa shape index (κ2) is 4.60. The Balaban J connectivity index is 2.15. The van der Waals surface area contributed by atoms with Crippen LogP contribution in [-0.4, -0.2) is 22.9 Å². The fourth-order valence-electron chi connectivity index (χ4n) is 2.60. The zero-order valence-electron chi connectivity index (χ0n) is 10.4. The second-order valence-electron chi connectivity index (χ2n) is 5.53. The van der Waals surface area contributed by atoms with Gasteiger partial charge >= 0.3 is 0 Å². The number of rotatable bonds is 2. The molecule has 1 unspecified atom stereocenters. The summed E-state index contributed by atoms with van der Waals surface area (Å²) in [5.41, 5.74) is 0.0513. The highest BCUT2D eigenvalue weighted by molar-refractivity contribution is 6.31. The molecule has 0 aliphatic carbocycles. The zero-order valence-corrected chi connectivity index (χ0v) is 11.1. The van der Waals surface area contributed by atoms with E-state index < -0.39 is 5.60 Å². The van der Waals surface area contributed by atoms with Crippen molar-refractivity contribution in [2.75, 3.05) is 6.61 Å². The summed E-state index contributed by atoms with van der Waals surface area (Å²) >= 11 is 6.13. The van der Waals surface area contributed by atoms with Gasteiger partial charge in [-0.15, -0.1) is 0 Å². The first-order chi connectivity index (χ1) is 7.90. The molecule has 17 heavy (non-hydrogen) atoms. The highest BCUT2D eigenvalue weighted by atomic mass is 35.5. The topological polar surface area (TPSA) is 29.5 Å². The first-order valence-corrected chi connectivity index (χ1v) is 6.38. The van der Waals surface area contributed by atoms with Crippen molar-refractivity contribution in [3.63, 3.8) is 0 Å². The van der Waals surface area contributed by atoms with Gasteiger partial charge in [0.1, 0.15) is 0 Å². The number of halogens is 1. The minimum absolute atomic E-state index is 0.256. The van der Waals surface area contributed by atoms with Crippen LogP contribution >= 0.6 is 11.6 Å². The Kier molecular flexibility index (Phi) is 3.48. The summed E-state index contributed by atoms with van der Waals surface area (Å²) in [5, 5.41) is 11.4. The van der Waals surface area contributed by atoms with E-state index in [4.69, 9.17) is 16.3 Å². The van der Waals surface area contributed by atoms with Crippen LogP contribution in [0.2, 0.25) is 5.02 Å². The minimum atomic E-state index is -0.702. The van der Waals surface area contributed by atoms with Crippen molar-refractivity contribution < 1.29 is 9.84 Å². The molecule has 0 aromatic heterocycles. The number of hydrogen-bond acceptors (Lipinski definition) is 2. The third-order valence-corrected chi connectivity index (χ3v) is 3.66. The van der Waals surface area contributed by atoms with Crippen molar-refractivity contribution in [1.29, 1.82) is 0 Å². The zero-order chi connectivity index (χ0) is 12.5. The maximum atomic E-state index is 10.6. The molecule has 1 N–H and O–H groups in total. The van der Waals surface area contributed by atoms with Crippen LogP contribution in [0.5, 0.6) is 0 Å². The molecule has 94 valence electrons. The molecule has 0 spiro atoms. The molecular formula is C14H19ClO2. The quantitative estimate of drug-likeness (QED) is 0.878. The SMILES string of the molecule is CC1(C)CC(O)(Cc2ccccc2Cl)CCO1. The lowest BCUT2D eigenvalue weighted by Gasteiger charge is -2.41. The average Bonchev–Trinajstić information content (AvgIpc) is 2.19. The normalized spacial score (nSPS) is 28.0. The fourth-order valence-corrected chi connectivity index (χ4v) is 2.80. The van der Waals surface area contributed by atoms with Gasteiger partial charge in [-0.25, -0.2) is 0 Å². The van der Waals surface area contributed by atoms with Gasteiger partial charge in [0.25, 0.3) is 0 Å². The van der Waals surface area contributed by atoms with Gasteiger partial charge in [-0.05, 0) is 31.9 Å². The van der Waals surface area contributed by atoms with E-state index in [1.165, 1.54) is 0 Å². The molecule has 0 amide bonds. The molecule has 1 aromatic rings. The van der Waals surface area contributed by atoms with E-state index in [1.807, 2.05) is 38.1 Å². The highest BCUT2D eigenvalue weighted by Gasteiger charge is 2.39. The number of ether oxygens (including phenoxy) is 1. The van der Waals surface area contributed by atoms with Gasteiger partial charge in [-0.1, -0.05) is 29.8 Å². The summed E-state index contributed by atoms with van der Waals surface area (Å²) in [5.74, 6) is 0. The minimum Gasteiger partial charge on any atom is -0.389 e. The van der Waals surface area contributed by atoms with Gasteiger partial charge < -0.3 is 9.84 Å². The fraction of sp³-hybridized carbons (Fsp3) is 0.571. The van der Waals surface area contributed by atoms with Gasteiger partial charge in [0.05, 0.1) is 17.8 Å². The first kappa shape index (κ1) is 12.9. The van der Waals surface area contributed by atoms with Crippen molar-refractivity contribution in [2.45, 2.75) is 44.3 Å². The Labute approximate surface area is 108 Å². The summed E-state index contributed by atoms with van der Waals surface area (Å²) in [6, 6.07) is 7.70. The van der Waals surface area contributed by atoms with Crippen LogP contribution < -0.4 is 0 Å². The van der Waals surface area contributed by atoms with Crippen molar-refractivity contribution in [3.8, 4) is 0 Å². The summed E-state index contributed by atoms with van der Waals surface area (Å²) in [7, 11) is 0. The average molecular weight is 255 g/mol. The summed E-state index contributed by atoms with van der Waals surface area (Å²) in [6.45, 7) is 4.64. The van der Waals surface area contributed by atoms with Crippen LogP contribution in [0.4, 0.5) is 0 Å². The molecule has 1 aliphatic heterocycles. The number of aliphatic hydroxyl groups is 1. The van der Waals surface area contributed by atoms with Crippen molar-refractivity contribution in [2.24, 2.45) is 0 Å². The predicted molar refractivity (Wildman–Crippen MR) is 69.4 cm³/mol. The van der Waals surface area contributed by atoms with E-state index in [0.717, 1.165) is 10.6 Å². The van der Waals surface area contributed by atoms with Crippen molar-refractivity contribution >= 4 is 11.6 Å². The van der Waals surface area contributed by atoms with E-state index >= 15 is 0 Å². The Morgan fingerprint density at radius 3 is 2.71 bits per heavy atom. The lowest BCUT2D eigenvalue weighted by molar-refractivity contribution is -0.143. The van der Waals surface area contributed by atoms with Crippen LogP contribution in [-0.2, 0) is 11.2 Å². The van der Waals surface area contributed by atoms with Crippen LogP contribution in [0, 0.1) is 0 Å².